The Morgan fingerprint density at radius 3 is 3.00 bits per heavy atom. The highest BCUT2D eigenvalue weighted by atomic mass is 32.2. The van der Waals surface area contributed by atoms with Gasteiger partial charge in [0.1, 0.15) is 0 Å². The Morgan fingerprint density at radius 1 is 1.50 bits per heavy atom. The zero-order valence-corrected chi connectivity index (χ0v) is 7.54. The third kappa shape index (κ3) is 2.93. The van der Waals surface area contributed by atoms with E-state index >= 15 is 0 Å². The topological polar surface area (TPSA) is 12.0 Å². The maximum atomic E-state index is 3.52. The first-order valence-corrected chi connectivity index (χ1v) is 5.33. The van der Waals surface area contributed by atoms with Crippen LogP contribution in [0.25, 0.3) is 0 Å². The first-order chi connectivity index (χ1) is 4.93. The van der Waals surface area contributed by atoms with Crippen LogP contribution in [0.5, 0.6) is 0 Å². The molecule has 1 saturated heterocycles. The van der Waals surface area contributed by atoms with Gasteiger partial charge in [-0.2, -0.15) is 0 Å². The summed E-state index contributed by atoms with van der Waals surface area (Å²) in [6.07, 6.45) is 5.49. The van der Waals surface area contributed by atoms with Crippen LogP contribution in [0.1, 0.15) is 32.6 Å². The Morgan fingerprint density at radius 2 is 2.40 bits per heavy atom. The number of nitrogens with one attached hydrogen (secondary N) is 1. The van der Waals surface area contributed by atoms with Gasteiger partial charge in [-0.15, -0.1) is 11.8 Å². The minimum atomic E-state index is 0.772. The van der Waals surface area contributed by atoms with Crippen LogP contribution in [-0.2, 0) is 0 Å². The summed E-state index contributed by atoms with van der Waals surface area (Å²) < 4.78 is 0. The van der Waals surface area contributed by atoms with Crippen molar-refractivity contribution in [1.82, 2.24) is 5.32 Å². The van der Waals surface area contributed by atoms with Gasteiger partial charge in [0.05, 0.1) is 5.37 Å². The molecule has 0 amide bonds. The molecular weight excluding hydrogens is 142 g/mol. The van der Waals surface area contributed by atoms with E-state index in [0.717, 1.165) is 5.37 Å². The zero-order valence-electron chi connectivity index (χ0n) is 6.73. The van der Waals surface area contributed by atoms with Gasteiger partial charge in [0.2, 0.25) is 0 Å². The van der Waals surface area contributed by atoms with E-state index < -0.39 is 0 Å². The average Bonchev–Trinajstić information content (AvgIpc) is 2.03. The van der Waals surface area contributed by atoms with Crippen molar-refractivity contribution in [3.8, 4) is 0 Å². The van der Waals surface area contributed by atoms with E-state index in [9.17, 15) is 0 Å². The lowest BCUT2D eigenvalue weighted by Gasteiger charge is -2.22. The minimum absolute atomic E-state index is 0.772. The van der Waals surface area contributed by atoms with Crippen molar-refractivity contribution in [2.24, 2.45) is 0 Å². The van der Waals surface area contributed by atoms with Gasteiger partial charge in [0.15, 0.2) is 0 Å². The van der Waals surface area contributed by atoms with E-state index in [0.29, 0.717) is 0 Å². The molecule has 0 spiro atoms. The molecule has 1 unspecified atom stereocenters. The van der Waals surface area contributed by atoms with Crippen LogP contribution in [-0.4, -0.2) is 17.7 Å². The summed E-state index contributed by atoms with van der Waals surface area (Å²) in [4.78, 5) is 0. The Kier molecular flexibility index (Phi) is 4.23. The number of rotatable bonds is 3. The van der Waals surface area contributed by atoms with Gasteiger partial charge in [-0.05, 0) is 38.0 Å². The highest BCUT2D eigenvalue weighted by molar-refractivity contribution is 7.99. The van der Waals surface area contributed by atoms with Crippen LogP contribution in [0.4, 0.5) is 0 Å². The van der Waals surface area contributed by atoms with Crippen molar-refractivity contribution >= 4 is 11.8 Å². The van der Waals surface area contributed by atoms with E-state index in [-0.39, 0.29) is 0 Å². The Hall–Kier alpha value is 0.310. The van der Waals surface area contributed by atoms with Crippen LogP contribution >= 0.6 is 11.8 Å². The smallest absolute Gasteiger partial charge is 0.0532 e. The van der Waals surface area contributed by atoms with Crippen molar-refractivity contribution < 1.29 is 0 Å². The summed E-state index contributed by atoms with van der Waals surface area (Å²) in [6, 6.07) is 0. The van der Waals surface area contributed by atoms with Crippen LogP contribution < -0.4 is 5.32 Å². The highest BCUT2D eigenvalue weighted by Crippen LogP contribution is 2.18. The standard InChI is InChI=1S/C8H17NS/c1-2-7-10-8-5-3-4-6-9-8/h8-9H,2-7H2,1H3. The molecule has 0 aliphatic carbocycles. The molecule has 60 valence electrons. The zero-order chi connectivity index (χ0) is 7.23. The van der Waals surface area contributed by atoms with Gasteiger partial charge in [0, 0.05) is 0 Å². The van der Waals surface area contributed by atoms with Crippen molar-refractivity contribution in [3.63, 3.8) is 0 Å². The molecule has 1 aliphatic rings. The third-order valence-corrected chi connectivity index (χ3v) is 3.24. The fourth-order valence-corrected chi connectivity index (χ4v) is 2.31. The summed E-state index contributed by atoms with van der Waals surface area (Å²) in [5.41, 5.74) is 0. The molecule has 0 bridgehead atoms. The maximum Gasteiger partial charge on any atom is 0.0532 e. The fraction of sp³-hybridized carbons (Fsp3) is 1.00. The Balaban J connectivity index is 2.02. The second-order valence-electron chi connectivity index (χ2n) is 2.81. The lowest BCUT2D eigenvalue weighted by Crippen LogP contribution is -2.31. The highest BCUT2D eigenvalue weighted by Gasteiger charge is 2.10. The van der Waals surface area contributed by atoms with Crippen molar-refractivity contribution in [2.45, 2.75) is 38.0 Å². The van der Waals surface area contributed by atoms with Gasteiger partial charge >= 0.3 is 0 Å². The largest absolute Gasteiger partial charge is 0.305 e. The van der Waals surface area contributed by atoms with Gasteiger partial charge in [-0.3, -0.25) is 0 Å². The van der Waals surface area contributed by atoms with E-state index in [1.807, 2.05) is 0 Å². The second kappa shape index (κ2) is 5.03. The van der Waals surface area contributed by atoms with Crippen molar-refractivity contribution in [2.75, 3.05) is 12.3 Å². The molecule has 0 radical (unpaired) electrons. The van der Waals surface area contributed by atoms with E-state index in [1.54, 1.807) is 0 Å². The molecule has 10 heavy (non-hydrogen) atoms. The molecule has 2 heteroatoms. The number of hydrogen-bond donors (Lipinski definition) is 1. The maximum absolute atomic E-state index is 3.52. The summed E-state index contributed by atoms with van der Waals surface area (Å²) >= 11 is 2.09. The van der Waals surface area contributed by atoms with Crippen molar-refractivity contribution in [3.05, 3.63) is 0 Å². The molecule has 0 aromatic heterocycles. The predicted octanol–water partition coefficient (Wildman–Crippen LogP) is 2.23. The molecule has 1 nitrogen and oxygen atoms in total. The molecule has 0 aromatic carbocycles. The van der Waals surface area contributed by atoms with Crippen LogP contribution in [0.3, 0.4) is 0 Å². The third-order valence-electron chi connectivity index (χ3n) is 1.79. The number of thioether (sulfide) groups is 1. The monoisotopic (exact) mass is 159 g/mol. The Bertz CT molecular complexity index is 79.3. The molecule has 1 heterocycles. The molecule has 1 rings (SSSR count). The number of piperidine rings is 1. The molecule has 1 atom stereocenters. The van der Waals surface area contributed by atoms with E-state index in [4.69, 9.17) is 0 Å². The van der Waals surface area contributed by atoms with Crippen molar-refractivity contribution in [1.29, 1.82) is 0 Å². The van der Waals surface area contributed by atoms with Gasteiger partial charge in [-0.25, -0.2) is 0 Å². The predicted molar refractivity (Wildman–Crippen MR) is 48.4 cm³/mol. The van der Waals surface area contributed by atoms with E-state index in [1.165, 1.54) is 38.0 Å². The Labute approximate surface area is 68.0 Å². The first kappa shape index (κ1) is 8.41. The normalized spacial score (nSPS) is 26.7. The summed E-state index contributed by atoms with van der Waals surface area (Å²) in [6.45, 7) is 3.48. The van der Waals surface area contributed by atoms with E-state index in [2.05, 4.69) is 24.0 Å². The van der Waals surface area contributed by atoms with Gasteiger partial charge in [-0.1, -0.05) is 6.92 Å². The van der Waals surface area contributed by atoms with Crippen LogP contribution in [0.2, 0.25) is 0 Å². The molecule has 0 saturated carbocycles. The van der Waals surface area contributed by atoms with Crippen LogP contribution in [0.15, 0.2) is 0 Å². The molecular formula is C8H17NS. The summed E-state index contributed by atoms with van der Waals surface area (Å²) in [5, 5.41) is 4.29. The fourth-order valence-electron chi connectivity index (χ4n) is 1.22. The minimum Gasteiger partial charge on any atom is -0.305 e. The summed E-state index contributed by atoms with van der Waals surface area (Å²) in [5.74, 6) is 1.32. The lowest BCUT2D eigenvalue weighted by molar-refractivity contribution is 0.491. The second-order valence-corrected chi connectivity index (χ2v) is 4.12. The van der Waals surface area contributed by atoms with Crippen LogP contribution in [0, 0.1) is 0 Å². The van der Waals surface area contributed by atoms with Gasteiger partial charge in [0.25, 0.3) is 0 Å². The average molecular weight is 159 g/mol. The molecule has 1 fully saturated rings. The molecule has 1 N–H and O–H groups in total. The molecule has 1 aliphatic heterocycles. The SMILES string of the molecule is CCCSC1CCCCN1. The molecule has 0 aromatic rings. The lowest BCUT2D eigenvalue weighted by atomic mass is 10.2. The summed E-state index contributed by atoms with van der Waals surface area (Å²) in [7, 11) is 0. The van der Waals surface area contributed by atoms with Gasteiger partial charge < -0.3 is 5.32 Å². The number of hydrogen-bond acceptors (Lipinski definition) is 2. The first-order valence-electron chi connectivity index (χ1n) is 4.28. The quantitative estimate of drug-likeness (QED) is 0.677.